The van der Waals surface area contributed by atoms with Gasteiger partial charge in [0.2, 0.25) is 5.91 Å². The number of hydrogen-bond acceptors (Lipinski definition) is 5. The molecule has 0 aliphatic heterocycles. The molecule has 0 saturated carbocycles. The Labute approximate surface area is 176 Å². The molecule has 0 bridgehead atoms. The molecule has 156 valence electrons. The number of sulfone groups is 1. The Morgan fingerprint density at radius 2 is 1.87 bits per heavy atom. The summed E-state index contributed by atoms with van der Waals surface area (Å²) in [5.74, 6) is 0.143. The van der Waals surface area contributed by atoms with E-state index < -0.39 is 21.5 Å². The van der Waals surface area contributed by atoms with E-state index in [9.17, 15) is 13.2 Å². The Kier molecular flexibility index (Phi) is 7.19. The lowest BCUT2D eigenvalue weighted by Gasteiger charge is -2.11. The first-order valence-electron chi connectivity index (χ1n) is 9.64. The number of rotatable bonds is 9. The fraction of sp³-hybridized carbons (Fsp3) is 0.217. The van der Waals surface area contributed by atoms with Gasteiger partial charge >= 0.3 is 0 Å². The fourth-order valence-corrected chi connectivity index (χ4v) is 4.19. The summed E-state index contributed by atoms with van der Waals surface area (Å²) in [6.45, 7) is 1.85. The molecule has 30 heavy (non-hydrogen) atoms. The summed E-state index contributed by atoms with van der Waals surface area (Å²) in [4.78, 5) is 16.2. The topological polar surface area (TPSA) is 85.4 Å². The molecule has 0 aliphatic rings. The first-order chi connectivity index (χ1) is 14.4. The van der Waals surface area contributed by atoms with Crippen molar-refractivity contribution in [3.05, 3.63) is 84.2 Å². The number of amides is 1. The van der Waals surface area contributed by atoms with E-state index in [1.807, 2.05) is 37.3 Å². The van der Waals surface area contributed by atoms with Crippen LogP contribution in [0.25, 0.3) is 0 Å². The minimum absolute atomic E-state index is 0.0216. The van der Waals surface area contributed by atoms with Crippen LogP contribution in [0.2, 0.25) is 0 Å². The summed E-state index contributed by atoms with van der Waals surface area (Å²) in [6.07, 6.45) is 4.42. The van der Waals surface area contributed by atoms with Gasteiger partial charge in [-0.3, -0.25) is 9.78 Å². The molecule has 0 spiro atoms. The van der Waals surface area contributed by atoms with Crippen LogP contribution in [0.15, 0.2) is 73.1 Å². The number of aryl methyl sites for hydroxylation is 2. The second kappa shape index (κ2) is 10.0. The van der Waals surface area contributed by atoms with Gasteiger partial charge in [0.05, 0.1) is 11.9 Å². The number of anilines is 1. The van der Waals surface area contributed by atoms with E-state index in [0.29, 0.717) is 30.0 Å². The molecule has 0 atom stereocenters. The van der Waals surface area contributed by atoms with Crippen molar-refractivity contribution in [2.45, 2.75) is 19.8 Å². The van der Waals surface area contributed by atoms with Crippen LogP contribution in [-0.4, -0.2) is 30.8 Å². The van der Waals surface area contributed by atoms with E-state index in [0.717, 1.165) is 11.1 Å². The van der Waals surface area contributed by atoms with Crippen LogP contribution in [0.4, 0.5) is 5.69 Å². The van der Waals surface area contributed by atoms with Crippen molar-refractivity contribution in [2.24, 2.45) is 0 Å². The average Bonchev–Trinajstić information content (AvgIpc) is 2.71. The number of carbonyl (C=O) groups is 1. The summed E-state index contributed by atoms with van der Waals surface area (Å²) in [6, 6.07) is 18.4. The van der Waals surface area contributed by atoms with Gasteiger partial charge in [0.1, 0.15) is 17.3 Å². The van der Waals surface area contributed by atoms with E-state index in [1.165, 1.54) is 0 Å². The second-order valence-electron chi connectivity index (χ2n) is 7.00. The Hall–Kier alpha value is -3.19. The monoisotopic (exact) mass is 424 g/mol. The number of pyridine rings is 1. The van der Waals surface area contributed by atoms with Crippen molar-refractivity contribution in [3.63, 3.8) is 0 Å². The van der Waals surface area contributed by atoms with E-state index in [1.54, 1.807) is 42.7 Å². The number of nitrogens with one attached hydrogen (secondary N) is 1. The smallest absolute Gasteiger partial charge is 0.239 e. The van der Waals surface area contributed by atoms with Gasteiger partial charge in [-0.1, -0.05) is 30.3 Å². The maximum absolute atomic E-state index is 12.3. The highest BCUT2D eigenvalue weighted by molar-refractivity contribution is 7.92. The molecule has 0 radical (unpaired) electrons. The molecule has 1 N–H and O–H groups in total. The van der Waals surface area contributed by atoms with Crippen LogP contribution in [0.5, 0.6) is 11.5 Å². The maximum atomic E-state index is 12.3. The Morgan fingerprint density at radius 3 is 2.57 bits per heavy atom. The van der Waals surface area contributed by atoms with Crippen molar-refractivity contribution in [1.82, 2.24) is 4.98 Å². The first kappa shape index (κ1) is 21.5. The van der Waals surface area contributed by atoms with Crippen LogP contribution in [0.3, 0.4) is 0 Å². The molecule has 6 nitrogen and oxygen atoms in total. The predicted molar refractivity (Wildman–Crippen MR) is 118 cm³/mol. The van der Waals surface area contributed by atoms with Gasteiger partial charge in [-0.15, -0.1) is 0 Å². The number of hydrogen-bond donors (Lipinski definition) is 1. The quantitative estimate of drug-likeness (QED) is 0.557. The summed E-state index contributed by atoms with van der Waals surface area (Å²) in [7, 11) is -3.47. The lowest BCUT2D eigenvalue weighted by molar-refractivity contribution is -0.113. The third-order valence-corrected chi connectivity index (χ3v) is 6.05. The highest BCUT2D eigenvalue weighted by Gasteiger charge is 2.17. The fourth-order valence-electron chi connectivity index (χ4n) is 2.99. The van der Waals surface area contributed by atoms with Crippen LogP contribution in [0, 0.1) is 6.92 Å². The van der Waals surface area contributed by atoms with Crippen LogP contribution >= 0.6 is 0 Å². The highest BCUT2D eigenvalue weighted by atomic mass is 32.2. The van der Waals surface area contributed by atoms with Gasteiger partial charge < -0.3 is 10.1 Å². The normalized spacial score (nSPS) is 11.1. The zero-order valence-corrected chi connectivity index (χ0v) is 17.6. The van der Waals surface area contributed by atoms with Gasteiger partial charge in [0.15, 0.2) is 9.84 Å². The molecular weight excluding hydrogens is 400 g/mol. The summed E-state index contributed by atoms with van der Waals surface area (Å²) in [5, 5.41) is 2.65. The minimum Gasteiger partial charge on any atom is -0.455 e. The van der Waals surface area contributed by atoms with E-state index >= 15 is 0 Å². The molecule has 0 aliphatic carbocycles. The van der Waals surface area contributed by atoms with E-state index in [-0.39, 0.29) is 5.75 Å². The van der Waals surface area contributed by atoms with Crippen LogP contribution in [-0.2, 0) is 21.1 Å². The number of benzene rings is 2. The molecule has 1 heterocycles. The highest BCUT2D eigenvalue weighted by Crippen LogP contribution is 2.26. The van der Waals surface area contributed by atoms with Gasteiger partial charge in [0, 0.05) is 11.9 Å². The second-order valence-corrected chi connectivity index (χ2v) is 9.18. The maximum Gasteiger partial charge on any atom is 0.239 e. The lowest BCUT2D eigenvalue weighted by atomic mass is 10.1. The van der Waals surface area contributed by atoms with Crippen LogP contribution < -0.4 is 10.1 Å². The Balaban J connectivity index is 1.51. The average molecular weight is 425 g/mol. The largest absolute Gasteiger partial charge is 0.455 e. The molecule has 3 aromatic rings. The van der Waals surface area contributed by atoms with Gasteiger partial charge in [-0.2, -0.15) is 0 Å². The SMILES string of the molecule is Cc1cc(NC(=O)CS(=O)(=O)CCCc2ccccc2)ccc1Oc1cccnc1. The van der Waals surface area contributed by atoms with Crippen molar-refractivity contribution >= 4 is 21.4 Å². The molecular formula is C23H24N2O4S. The summed E-state index contributed by atoms with van der Waals surface area (Å²) in [5.41, 5.74) is 2.42. The van der Waals surface area contributed by atoms with Crippen molar-refractivity contribution < 1.29 is 17.9 Å². The molecule has 0 unspecified atom stereocenters. The minimum atomic E-state index is -3.47. The zero-order chi connectivity index (χ0) is 21.4. The molecule has 0 fully saturated rings. The summed E-state index contributed by atoms with van der Waals surface area (Å²) < 4.78 is 30.3. The molecule has 7 heteroatoms. The molecule has 0 saturated heterocycles. The van der Waals surface area contributed by atoms with Crippen molar-refractivity contribution in [3.8, 4) is 11.5 Å². The first-order valence-corrected chi connectivity index (χ1v) is 11.5. The molecule has 3 rings (SSSR count). The lowest BCUT2D eigenvalue weighted by Crippen LogP contribution is -2.25. The number of nitrogens with zero attached hydrogens (tertiary/aromatic N) is 1. The molecule has 1 aromatic heterocycles. The van der Waals surface area contributed by atoms with Gasteiger partial charge in [0.25, 0.3) is 0 Å². The number of carbonyl (C=O) groups excluding carboxylic acids is 1. The van der Waals surface area contributed by atoms with Gasteiger partial charge in [-0.25, -0.2) is 8.42 Å². The van der Waals surface area contributed by atoms with Crippen LogP contribution in [0.1, 0.15) is 17.5 Å². The standard InChI is InChI=1S/C23H24N2O4S/c1-18-15-20(11-12-22(18)29-21-10-5-13-24-16-21)25-23(26)17-30(27,28)14-6-9-19-7-3-2-4-8-19/h2-5,7-8,10-13,15-16H,6,9,14,17H2,1H3,(H,25,26). The third kappa shape index (κ3) is 6.70. The van der Waals surface area contributed by atoms with Crippen molar-refractivity contribution in [1.29, 1.82) is 0 Å². The van der Waals surface area contributed by atoms with E-state index in [2.05, 4.69) is 10.3 Å². The van der Waals surface area contributed by atoms with Crippen molar-refractivity contribution in [2.75, 3.05) is 16.8 Å². The Bertz CT molecular complexity index is 1080. The van der Waals surface area contributed by atoms with E-state index in [4.69, 9.17) is 4.74 Å². The molecule has 1 amide bonds. The predicted octanol–water partition coefficient (Wildman–Crippen LogP) is 4.17. The Morgan fingerprint density at radius 1 is 1.07 bits per heavy atom. The number of ether oxygens (including phenoxy) is 1. The third-order valence-electron chi connectivity index (χ3n) is 4.44. The summed E-state index contributed by atoms with van der Waals surface area (Å²) >= 11 is 0. The zero-order valence-electron chi connectivity index (χ0n) is 16.7. The number of aromatic nitrogens is 1. The van der Waals surface area contributed by atoms with Gasteiger partial charge in [-0.05, 0) is 61.2 Å². The molecule has 2 aromatic carbocycles.